The third-order valence-corrected chi connectivity index (χ3v) is 3.40. The maximum atomic E-state index is 5.81. The van der Waals surface area contributed by atoms with E-state index in [0.717, 1.165) is 12.3 Å². The number of nitrogens with one attached hydrogen (secondary N) is 1. The molecule has 3 heteroatoms. The summed E-state index contributed by atoms with van der Waals surface area (Å²) in [5.74, 6) is 0.994. The highest BCUT2D eigenvalue weighted by Crippen LogP contribution is 2.30. The maximum Gasteiger partial charge on any atom is 0.124 e. The van der Waals surface area contributed by atoms with E-state index in [1.165, 1.54) is 31.2 Å². The largest absolute Gasteiger partial charge is 0.491 e. The van der Waals surface area contributed by atoms with Crippen LogP contribution >= 0.6 is 0 Å². The van der Waals surface area contributed by atoms with Crippen molar-refractivity contribution in [1.29, 1.82) is 0 Å². The van der Waals surface area contributed by atoms with Crippen LogP contribution in [0.5, 0.6) is 5.75 Å². The molecule has 0 bridgehead atoms. The highest BCUT2D eigenvalue weighted by Gasteiger charge is 2.17. The Labute approximate surface area is 109 Å². The zero-order valence-corrected chi connectivity index (χ0v) is 11.2. The third-order valence-electron chi connectivity index (χ3n) is 3.40. The van der Waals surface area contributed by atoms with Crippen molar-refractivity contribution in [2.75, 3.05) is 26.9 Å². The van der Waals surface area contributed by atoms with Gasteiger partial charge in [0.1, 0.15) is 12.4 Å². The monoisotopic (exact) mass is 249 g/mol. The maximum absolute atomic E-state index is 5.81. The fraction of sp³-hybridized carbons (Fsp3) is 0.600. The fourth-order valence-corrected chi connectivity index (χ4v) is 2.43. The van der Waals surface area contributed by atoms with Crippen LogP contribution in [0.2, 0.25) is 0 Å². The van der Waals surface area contributed by atoms with Gasteiger partial charge in [0.2, 0.25) is 0 Å². The van der Waals surface area contributed by atoms with E-state index in [4.69, 9.17) is 9.47 Å². The van der Waals surface area contributed by atoms with Crippen molar-refractivity contribution in [1.82, 2.24) is 5.32 Å². The first-order valence-electron chi connectivity index (χ1n) is 6.86. The van der Waals surface area contributed by atoms with E-state index in [-0.39, 0.29) is 0 Å². The number of hydrogen-bond acceptors (Lipinski definition) is 3. The van der Waals surface area contributed by atoms with Gasteiger partial charge in [0.25, 0.3) is 0 Å². The Kier molecular flexibility index (Phi) is 5.49. The van der Waals surface area contributed by atoms with Crippen LogP contribution in [-0.4, -0.2) is 26.9 Å². The summed E-state index contributed by atoms with van der Waals surface area (Å²) in [5, 5.41) is 3.62. The van der Waals surface area contributed by atoms with Crippen LogP contribution in [0.15, 0.2) is 24.3 Å². The lowest BCUT2D eigenvalue weighted by Gasteiger charge is -2.20. The second-order valence-corrected chi connectivity index (χ2v) is 4.74. The van der Waals surface area contributed by atoms with Crippen molar-refractivity contribution in [3.05, 3.63) is 29.8 Å². The molecule has 0 aromatic heterocycles. The molecule has 2 rings (SSSR count). The van der Waals surface area contributed by atoms with Gasteiger partial charge < -0.3 is 14.8 Å². The van der Waals surface area contributed by atoms with Crippen molar-refractivity contribution in [2.24, 2.45) is 0 Å². The number of para-hydroxylation sites is 1. The lowest BCUT2D eigenvalue weighted by Crippen LogP contribution is -2.21. The van der Waals surface area contributed by atoms with Crippen molar-refractivity contribution in [3.63, 3.8) is 0 Å². The van der Waals surface area contributed by atoms with E-state index in [9.17, 15) is 0 Å². The molecule has 3 nitrogen and oxygen atoms in total. The van der Waals surface area contributed by atoms with Gasteiger partial charge in [-0.3, -0.25) is 0 Å². The zero-order chi connectivity index (χ0) is 12.6. The number of hydrogen-bond donors (Lipinski definition) is 1. The molecule has 1 N–H and O–H groups in total. The average Bonchev–Trinajstić information content (AvgIpc) is 2.68. The summed E-state index contributed by atoms with van der Waals surface area (Å²) in [5.41, 5.74) is 1.29. The van der Waals surface area contributed by atoms with Crippen molar-refractivity contribution < 1.29 is 9.47 Å². The predicted octanol–water partition coefficient (Wildman–Crippen LogP) is 2.92. The van der Waals surface area contributed by atoms with Gasteiger partial charge in [-0.05, 0) is 25.5 Å². The SMILES string of the molecule is COCCOc1ccccc1C1CCCCCN1. The van der Waals surface area contributed by atoms with Gasteiger partial charge in [0.05, 0.1) is 6.61 Å². The van der Waals surface area contributed by atoms with Gasteiger partial charge in [0.15, 0.2) is 0 Å². The molecule has 1 atom stereocenters. The zero-order valence-electron chi connectivity index (χ0n) is 11.2. The molecule has 0 saturated carbocycles. The molecule has 1 fully saturated rings. The minimum Gasteiger partial charge on any atom is -0.491 e. The molecule has 0 amide bonds. The summed E-state index contributed by atoms with van der Waals surface area (Å²) in [4.78, 5) is 0. The van der Waals surface area contributed by atoms with Crippen molar-refractivity contribution in [3.8, 4) is 5.75 Å². The summed E-state index contributed by atoms with van der Waals surface area (Å²) in [6, 6.07) is 8.78. The molecule has 100 valence electrons. The highest BCUT2D eigenvalue weighted by molar-refractivity contribution is 5.36. The molecule has 1 saturated heterocycles. The van der Waals surface area contributed by atoms with Gasteiger partial charge in [-0.2, -0.15) is 0 Å². The molecule has 1 aromatic carbocycles. The van der Waals surface area contributed by atoms with E-state index in [1.54, 1.807) is 7.11 Å². The molecule has 0 spiro atoms. The van der Waals surface area contributed by atoms with Crippen LogP contribution in [0.25, 0.3) is 0 Å². The van der Waals surface area contributed by atoms with E-state index in [2.05, 4.69) is 23.5 Å². The van der Waals surface area contributed by atoms with Crippen molar-refractivity contribution in [2.45, 2.75) is 31.7 Å². The van der Waals surface area contributed by atoms with E-state index in [1.807, 2.05) is 6.07 Å². The first kappa shape index (κ1) is 13.4. The molecular weight excluding hydrogens is 226 g/mol. The minimum absolute atomic E-state index is 0.436. The number of ether oxygens (including phenoxy) is 2. The molecule has 18 heavy (non-hydrogen) atoms. The predicted molar refractivity (Wildman–Crippen MR) is 73.0 cm³/mol. The quantitative estimate of drug-likeness (QED) is 0.814. The Morgan fingerprint density at radius 3 is 2.94 bits per heavy atom. The Hall–Kier alpha value is -1.06. The highest BCUT2D eigenvalue weighted by atomic mass is 16.5. The van der Waals surface area contributed by atoms with Crippen LogP contribution in [0.4, 0.5) is 0 Å². The molecule has 1 aliphatic heterocycles. The minimum atomic E-state index is 0.436. The van der Waals surface area contributed by atoms with E-state index >= 15 is 0 Å². The molecule has 1 aromatic rings. The first-order chi connectivity index (χ1) is 8.92. The van der Waals surface area contributed by atoms with Gasteiger partial charge in [-0.25, -0.2) is 0 Å². The van der Waals surface area contributed by atoms with Crippen LogP contribution in [0.1, 0.15) is 37.3 Å². The molecular formula is C15H23NO2. The lowest BCUT2D eigenvalue weighted by atomic mass is 10.0. The summed E-state index contributed by atoms with van der Waals surface area (Å²) in [6.07, 6.45) is 5.11. The Morgan fingerprint density at radius 2 is 2.06 bits per heavy atom. The Bertz CT molecular complexity index is 346. The summed E-state index contributed by atoms with van der Waals surface area (Å²) >= 11 is 0. The van der Waals surface area contributed by atoms with Crippen LogP contribution in [-0.2, 0) is 4.74 Å². The smallest absolute Gasteiger partial charge is 0.124 e. The standard InChI is InChI=1S/C15H23NO2/c1-17-11-12-18-15-9-5-4-7-13(15)14-8-3-2-6-10-16-14/h4-5,7,9,14,16H,2-3,6,8,10-12H2,1H3. The van der Waals surface area contributed by atoms with Gasteiger partial charge in [0, 0.05) is 18.7 Å². The molecule has 1 heterocycles. The number of methoxy groups -OCH3 is 1. The first-order valence-corrected chi connectivity index (χ1v) is 6.86. The molecule has 1 aliphatic rings. The number of benzene rings is 1. The average molecular weight is 249 g/mol. The molecule has 0 aliphatic carbocycles. The van der Waals surface area contributed by atoms with E-state index < -0.39 is 0 Å². The second kappa shape index (κ2) is 7.39. The Morgan fingerprint density at radius 1 is 1.17 bits per heavy atom. The lowest BCUT2D eigenvalue weighted by molar-refractivity contribution is 0.145. The van der Waals surface area contributed by atoms with E-state index in [0.29, 0.717) is 19.3 Å². The van der Waals surface area contributed by atoms with Crippen LogP contribution in [0.3, 0.4) is 0 Å². The summed E-state index contributed by atoms with van der Waals surface area (Å²) in [7, 11) is 1.70. The topological polar surface area (TPSA) is 30.5 Å². The third kappa shape index (κ3) is 3.72. The Balaban J connectivity index is 2.05. The summed E-state index contributed by atoms with van der Waals surface area (Å²) in [6.45, 7) is 2.35. The van der Waals surface area contributed by atoms with Gasteiger partial charge in [-0.15, -0.1) is 0 Å². The van der Waals surface area contributed by atoms with Gasteiger partial charge in [-0.1, -0.05) is 31.0 Å². The molecule has 1 unspecified atom stereocenters. The second-order valence-electron chi connectivity index (χ2n) is 4.74. The number of rotatable bonds is 5. The van der Waals surface area contributed by atoms with Crippen molar-refractivity contribution >= 4 is 0 Å². The molecule has 0 radical (unpaired) electrons. The van der Waals surface area contributed by atoms with Gasteiger partial charge >= 0.3 is 0 Å². The van der Waals surface area contributed by atoms with Crippen LogP contribution in [0, 0.1) is 0 Å². The summed E-state index contributed by atoms with van der Waals surface area (Å²) < 4.78 is 10.8. The fourth-order valence-electron chi connectivity index (χ4n) is 2.43. The van der Waals surface area contributed by atoms with Crippen LogP contribution < -0.4 is 10.1 Å². The normalized spacial score (nSPS) is 20.4.